The summed E-state index contributed by atoms with van der Waals surface area (Å²) in [5, 5.41) is 19.9. The molecule has 1 aromatic rings. The highest BCUT2D eigenvalue weighted by atomic mass is 16.4. The summed E-state index contributed by atoms with van der Waals surface area (Å²) in [4.78, 5) is 21.2. The summed E-state index contributed by atoms with van der Waals surface area (Å²) in [7, 11) is 0. The molecule has 5 heteroatoms. The number of benzene rings is 1. The number of carbonyl (C=O) groups is 2. The van der Waals surface area contributed by atoms with Crippen molar-refractivity contribution in [2.45, 2.75) is 6.92 Å². The zero-order valence-electron chi connectivity index (χ0n) is 8.15. The second kappa shape index (κ2) is 4.45. The van der Waals surface area contributed by atoms with Crippen LogP contribution >= 0.6 is 0 Å². The van der Waals surface area contributed by atoms with Crippen molar-refractivity contribution < 1.29 is 19.8 Å². The quantitative estimate of drug-likeness (QED) is 0.693. The summed E-state index contributed by atoms with van der Waals surface area (Å²) < 4.78 is 0. The Morgan fingerprint density at radius 1 is 1.33 bits per heavy atom. The SMILES string of the molecule is Cc1cccc(NCC(=O)O)c1C(=O)O. The molecule has 0 aliphatic rings. The molecular weight excluding hydrogens is 198 g/mol. The van der Waals surface area contributed by atoms with Gasteiger partial charge in [0.2, 0.25) is 0 Å². The first-order valence-corrected chi connectivity index (χ1v) is 4.31. The van der Waals surface area contributed by atoms with Crippen LogP contribution in [0.2, 0.25) is 0 Å². The van der Waals surface area contributed by atoms with Crippen LogP contribution in [-0.4, -0.2) is 28.7 Å². The molecule has 0 spiro atoms. The van der Waals surface area contributed by atoms with Gasteiger partial charge in [0.25, 0.3) is 0 Å². The van der Waals surface area contributed by atoms with Crippen molar-refractivity contribution in [2.75, 3.05) is 11.9 Å². The number of hydrogen-bond donors (Lipinski definition) is 3. The highest BCUT2D eigenvalue weighted by Crippen LogP contribution is 2.19. The predicted octanol–water partition coefficient (Wildman–Crippen LogP) is 1.19. The van der Waals surface area contributed by atoms with E-state index in [-0.39, 0.29) is 12.1 Å². The molecular formula is C10H11NO4. The van der Waals surface area contributed by atoms with E-state index in [1.165, 1.54) is 0 Å². The van der Waals surface area contributed by atoms with E-state index < -0.39 is 11.9 Å². The van der Waals surface area contributed by atoms with E-state index in [2.05, 4.69) is 5.32 Å². The lowest BCUT2D eigenvalue weighted by Crippen LogP contribution is -2.15. The van der Waals surface area contributed by atoms with Crippen LogP contribution < -0.4 is 5.32 Å². The third-order valence-electron chi connectivity index (χ3n) is 1.92. The van der Waals surface area contributed by atoms with Crippen LogP contribution in [0.25, 0.3) is 0 Å². The molecule has 0 fully saturated rings. The Labute approximate surface area is 86.4 Å². The highest BCUT2D eigenvalue weighted by molar-refractivity contribution is 5.96. The summed E-state index contributed by atoms with van der Waals surface area (Å²) in [6.45, 7) is 1.36. The van der Waals surface area contributed by atoms with E-state index in [1.807, 2.05) is 0 Å². The van der Waals surface area contributed by atoms with Crippen LogP contribution in [0.5, 0.6) is 0 Å². The molecule has 0 aromatic heterocycles. The van der Waals surface area contributed by atoms with Gasteiger partial charge in [0.05, 0.1) is 5.56 Å². The third-order valence-corrected chi connectivity index (χ3v) is 1.92. The van der Waals surface area contributed by atoms with Crippen LogP contribution in [0.3, 0.4) is 0 Å². The molecule has 0 aliphatic heterocycles. The van der Waals surface area contributed by atoms with E-state index in [9.17, 15) is 9.59 Å². The molecule has 1 aromatic carbocycles. The average Bonchev–Trinajstić information content (AvgIpc) is 2.13. The van der Waals surface area contributed by atoms with Crippen LogP contribution in [0.4, 0.5) is 5.69 Å². The monoisotopic (exact) mass is 209 g/mol. The zero-order chi connectivity index (χ0) is 11.4. The van der Waals surface area contributed by atoms with E-state index in [4.69, 9.17) is 10.2 Å². The maximum absolute atomic E-state index is 10.9. The van der Waals surface area contributed by atoms with Gasteiger partial charge in [-0.25, -0.2) is 4.79 Å². The number of aliphatic carboxylic acids is 1. The van der Waals surface area contributed by atoms with Gasteiger partial charge < -0.3 is 15.5 Å². The number of anilines is 1. The maximum Gasteiger partial charge on any atom is 0.338 e. The number of carboxylic acids is 2. The van der Waals surface area contributed by atoms with Crippen LogP contribution in [0, 0.1) is 6.92 Å². The second-order valence-electron chi connectivity index (χ2n) is 3.05. The fourth-order valence-electron chi connectivity index (χ4n) is 1.27. The van der Waals surface area contributed by atoms with Gasteiger partial charge in [0.1, 0.15) is 6.54 Å². The third kappa shape index (κ3) is 2.70. The van der Waals surface area contributed by atoms with Gasteiger partial charge in [-0.2, -0.15) is 0 Å². The van der Waals surface area contributed by atoms with Crippen molar-refractivity contribution in [3.8, 4) is 0 Å². The molecule has 0 aliphatic carbocycles. The Kier molecular flexibility index (Phi) is 3.28. The number of nitrogens with one attached hydrogen (secondary N) is 1. The fourth-order valence-corrected chi connectivity index (χ4v) is 1.27. The standard InChI is InChI=1S/C10H11NO4/c1-6-3-2-4-7(9(6)10(14)15)11-5-8(12)13/h2-4,11H,5H2,1H3,(H,12,13)(H,14,15). The van der Waals surface area contributed by atoms with Gasteiger partial charge in [0, 0.05) is 5.69 Å². The predicted molar refractivity (Wildman–Crippen MR) is 54.3 cm³/mol. The molecule has 0 bridgehead atoms. The molecule has 0 saturated heterocycles. The van der Waals surface area contributed by atoms with Gasteiger partial charge >= 0.3 is 11.9 Å². The Hall–Kier alpha value is -2.04. The van der Waals surface area contributed by atoms with Crippen molar-refractivity contribution in [1.82, 2.24) is 0 Å². The fraction of sp³-hybridized carbons (Fsp3) is 0.200. The van der Waals surface area contributed by atoms with Gasteiger partial charge in [-0.1, -0.05) is 12.1 Å². The molecule has 0 saturated carbocycles. The van der Waals surface area contributed by atoms with Crippen molar-refractivity contribution in [3.63, 3.8) is 0 Å². The zero-order valence-corrected chi connectivity index (χ0v) is 8.15. The number of hydrogen-bond acceptors (Lipinski definition) is 3. The lowest BCUT2D eigenvalue weighted by molar-refractivity contribution is -0.134. The first kappa shape index (κ1) is 11.0. The lowest BCUT2D eigenvalue weighted by Gasteiger charge is -2.09. The average molecular weight is 209 g/mol. The molecule has 3 N–H and O–H groups in total. The Bertz CT molecular complexity index is 400. The van der Waals surface area contributed by atoms with E-state index in [0.29, 0.717) is 11.3 Å². The summed E-state index contributed by atoms with van der Waals surface area (Å²) in [6.07, 6.45) is 0. The largest absolute Gasteiger partial charge is 0.480 e. The topological polar surface area (TPSA) is 86.6 Å². The normalized spacial score (nSPS) is 9.67. The minimum atomic E-state index is -1.07. The summed E-state index contributed by atoms with van der Waals surface area (Å²) >= 11 is 0. The van der Waals surface area contributed by atoms with Crippen LogP contribution in [0.1, 0.15) is 15.9 Å². The molecule has 0 amide bonds. The summed E-state index contributed by atoms with van der Waals surface area (Å²) in [5.41, 5.74) is 1.03. The van der Waals surface area contributed by atoms with Crippen molar-refractivity contribution in [2.24, 2.45) is 0 Å². The molecule has 5 nitrogen and oxygen atoms in total. The van der Waals surface area contributed by atoms with Gasteiger partial charge in [-0.05, 0) is 18.6 Å². The van der Waals surface area contributed by atoms with Gasteiger partial charge in [-0.15, -0.1) is 0 Å². The number of carboxylic acid groups (broad SMARTS) is 2. The molecule has 15 heavy (non-hydrogen) atoms. The van der Waals surface area contributed by atoms with E-state index in [0.717, 1.165) is 0 Å². The minimum absolute atomic E-state index is 0.110. The molecule has 0 unspecified atom stereocenters. The highest BCUT2D eigenvalue weighted by Gasteiger charge is 2.12. The van der Waals surface area contributed by atoms with Gasteiger partial charge in [0.15, 0.2) is 0 Å². The molecule has 0 radical (unpaired) electrons. The van der Waals surface area contributed by atoms with Crippen molar-refractivity contribution in [3.05, 3.63) is 29.3 Å². The Morgan fingerprint density at radius 2 is 2.00 bits per heavy atom. The molecule has 80 valence electrons. The van der Waals surface area contributed by atoms with Crippen LogP contribution in [0.15, 0.2) is 18.2 Å². The number of rotatable bonds is 4. The molecule has 1 rings (SSSR count). The Morgan fingerprint density at radius 3 is 2.53 bits per heavy atom. The van der Waals surface area contributed by atoms with Crippen LogP contribution in [-0.2, 0) is 4.79 Å². The van der Waals surface area contributed by atoms with Crippen molar-refractivity contribution in [1.29, 1.82) is 0 Å². The lowest BCUT2D eigenvalue weighted by atomic mass is 10.1. The number of aryl methyl sites for hydroxylation is 1. The first-order valence-electron chi connectivity index (χ1n) is 4.31. The summed E-state index contributed by atoms with van der Waals surface area (Å²) in [6, 6.07) is 4.88. The van der Waals surface area contributed by atoms with E-state index >= 15 is 0 Å². The Balaban J connectivity index is 3.01. The minimum Gasteiger partial charge on any atom is -0.480 e. The molecule has 0 atom stereocenters. The summed E-state index contributed by atoms with van der Waals surface area (Å²) in [5.74, 6) is -2.10. The number of aromatic carboxylic acids is 1. The smallest absolute Gasteiger partial charge is 0.338 e. The maximum atomic E-state index is 10.9. The van der Waals surface area contributed by atoms with Crippen molar-refractivity contribution >= 4 is 17.6 Å². The molecule has 0 heterocycles. The van der Waals surface area contributed by atoms with E-state index in [1.54, 1.807) is 25.1 Å². The van der Waals surface area contributed by atoms with Gasteiger partial charge in [-0.3, -0.25) is 4.79 Å². The second-order valence-corrected chi connectivity index (χ2v) is 3.05. The first-order chi connectivity index (χ1) is 7.02.